The number of nitrogens with zero attached hydrogens (tertiary/aromatic N) is 2. The van der Waals surface area contributed by atoms with Crippen molar-refractivity contribution in [3.63, 3.8) is 0 Å². The Labute approximate surface area is 81.2 Å². The van der Waals surface area contributed by atoms with E-state index in [1.54, 1.807) is 0 Å². The van der Waals surface area contributed by atoms with E-state index in [2.05, 4.69) is 58.1 Å². The summed E-state index contributed by atoms with van der Waals surface area (Å²) < 4.78 is 4.41. The summed E-state index contributed by atoms with van der Waals surface area (Å²) in [5.41, 5.74) is 4.45. The van der Waals surface area contributed by atoms with Gasteiger partial charge in [-0.05, 0) is 12.3 Å². The first kappa shape index (κ1) is 10.3. The molecule has 0 spiro atoms. The van der Waals surface area contributed by atoms with Gasteiger partial charge in [0.15, 0.2) is 7.05 Å². The molecule has 0 bridgehead atoms. The molecule has 2 nitrogen and oxygen atoms in total. The van der Waals surface area contributed by atoms with Crippen LogP contribution < -0.4 is 4.68 Å². The third-order valence-corrected chi connectivity index (χ3v) is 2.89. The third kappa shape index (κ3) is 1.50. The molecule has 0 saturated carbocycles. The van der Waals surface area contributed by atoms with Gasteiger partial charge in [-0.15, -0.1) is 4.68 Å². The molecule has 0 aliphatic carbocycles. The molecule has 0 amide bonds. The Morgan fingerprint density at radius 3 is 1.77 bits per heavy atom. The van der Waals surface area contributed by atoms with E-state index in [4.69, 9.17) is 0 Å². The molecule has 2 heteroatoms. The van der Waals surface area contributed by atoms with Crippen LogP contribution in [0.4, 0.5) is 0 Å². The third-order valence-electron chi connectivity index (χ3n) is 2.89. The minimum Gasteiger partial charge on any atom is -0.161 e. The van der Waals surface area contributed by atoms with E-state index >= 15 is 0 Å². The first-order valence-corrected chi connectivity index (χ1v) is 4.79. The van der Waals surface area contributed by atoms with Gasteiger partial charge in [-0.3, -0.25) is 0 Å². The van der Waals surface area contributed by atoms with Crippen LogP contribution in [-0.2, 0) is 19.5 Å². The topological polar surface area (TPSA) is 8.81 Å². The van der Waals surface area contributed by atoms with Crippen LogP contribution in [0.15, 0.2) is 0 Å². The second-order valence-electron chi connectivity index (χ2n) is 4.84. The summed E-state index contributed by atoms with van der Waals surface area (Å²) in [4.78, 5) is 0. The van der Waals surface area contributed by atoms with Crippen molar-refractivity contribution < 1.29 is 4.68 Å². The molecule has 0 aliphatic heterocycles. The van der Waals surface area contributed by atoms with Crippen molar-refractivity contribution >= 4 is 0 Å². The second kappa shape index (κ2) is 2.86. The fourth-order valence-electron chi connectivity index (χ4n) is 2.12. The lowest BCUT2D eigenvalue weighted by Crippen LogP contribution is -2.40. The summed E-state index contributed by atoms with van der Waals surface area (Å²) in [6.45, 7) is 11.2. The van der Waals surface area contributed by atoms with Gasteiger partial charge in [0, 0.05) is 6.92 Å². The molecule has 1 aromatic rings. The lowest BCUT2D eigenvalue weighted by molar-refractivity contribution is -0.757. The minimum atomic E-state index is 0.243. The van der Waals surface area contributed by atoms with Gasteiger partial charge in [0.2, 0.25) is 5.69 Å². The zero-order chi connectivity index (χ0) is 10.4. The molecular weight excluding hydrogens is 160 g/mol. The van der Waals surface area contributed by atoms with Crippen molar-refractivity contribution in [2.45, 2.75) is 40.0 Å². The summed E-state index contributed by atoms with van der Waals surface area (Å²) in [5, 5.41) is 0. The predicted molar refractivity (Wildman–Crippen MR) is 54.8 cm³/mol. The molecule has 1 heterocycles. The Bertz CT molecular complexity index is 301. The normalized spacial score (nSPS) is 12.2. The highest BCUT2D eigenvalue weighted by Gasteiger charge is 2.28. The first-order chi connectivity index (χ1) is 5.76. The van der Waals surface area contributed by atoms with E-state index < -0.39 is 0 Å². The Morgan fingerprint density at radius 1 is 1.15 bits per heavy atom. The van der Waals surface area contributed by atoms with Gasteiger partial charge in [-0.25, -0.2) is 0 Å². The highest BCUT2D eigenvalue weighted by Crippen LogP contribution is 2.26. The molecule has 0 unspecified atom stereocenters. The number of aromatic nitrogens is 2. The van der Waals surface area contributed by atoms with E-state index in [0.29, 0.717) is 0 Å². The SMILES string of the molecule is Cc1c(C(C)(C)C)c(C)[n+](C)n1C. The van der Waals surface area contributed by atoms with Crippen molar-refractivity contribution in [3.05, 3.63) is 17.0 Å². The van der Waals surface area contributed by atoms with Crippen molar-refractivity contribution in [1.29, 1.82) is 0 Å². The minimum absolute atomic E-state index is 0.243. The van der Waals surface area contributed by atoms with Crippen LogP contribution >= 0.6 is 0 Å². The molecule has 0 radical (unpaired) electrons. The number of rotatable bonds is 0. The molecule has 13 heavy (non-hydrogen) atoms. The lowest BCUT2D eigenvalue weighted by atomic mass is 9.85. The Hall–Kier alpha value is -0.790. The molecule has 0 saturated heterocycles. The molecule has 0 aromatic carbocycles. The van der Waals surface area contributed by atoms with Crippen molar-refractivity contribution in [2.24, 2.45) is 14.1 Å². The maximum absolute atomic E-state index is 2.27. The molecule has 0 fully saturated rings. The lowest BCUT2D eigenvalue weighted by Gasteiger charge is -2.16. The molecular formula is C11H21N2+. The summed E-state index contributed by atoms with van der Waals surface area (Å²) >= 11 is 0. The average Bonchev–Trinajstić information content (AvgIpc) is 2.14. The van der Waals surface area contributed by atoms with Gasteiger partial charge in [0.25, 0.3) is 0 Å². The summed E-state index contributed by atoms with van der Waals surface area (Å²) in [5.74, 6) is 0. The average molecular weight is 181 g/mol. The van der Waals surface area contributed by atoms with Crippen LogP contribution in [-0.4, -0.2) is 4.68 Å². The Balaban J connectivity index is 3.47. The van der Waals surface area contributed by atoms with Crippen molar-refractivity contribution in [2.75, 3.05) is 0 Å². The largest absolute Gasteiger partial charge is 0.208 e. The summed E-state index contributed by atoms with van der Waals surface area (Å²) in [6, 6.07) is 0. The standard InChI is InChI=1S/C11H21N2/c1-8-10(11(3,4)5)9(2)13(7)12(8)6/h1-7H3/q+1. The predicted octanol–water partition coefficient (Wildman–Crippen LogP) is 1.76. The second-order valence-corrected chi connectivity index (χ2v) is 4.84. The number of hydrogen-bond donors (Lipinski definition) is 0. The highest BCUT2D eigenvalue weighted by atomic mass is 15.4. The smallest absolute Gasteiger partial charge is 0.161 e. The number of hydrogen-bond acceptors (Lipinski definition) is 0. The quantitative estimate of drug-likeness (QED) is 0.539. The van der Waals surface area contributed by atoms with Crippen LogP contribution in [0.1, 0.15) is 37.7 Å². The van der Waals surface area contributed by atoms with E-state index in [1.807, 2.05) is 0 Å². The summed E-state index contributed by atoms with van der Waals surface area (Å²) in [6.07, 6.45) is 0. The van der Waals surface area contributed by atoms with E-state index in [1.165, 1.54) is 17.0 Å². The maximum atomic E-state index is 2.27. The van der Waals surface area contributed by atoms with E-state index in [9.17, 15) is 0 Å². The zero-order valence-corrected chi connectivity index (χ0v) is 9.89. The van der Waals surface area contributed by atoms with Gasteiger partial charge in [0.05, 0.1) is 18.3 Å². The van der Waals surface area contributed by atoms with Crippen molar-refractivity contribution in [1.82, 2.24) is 4.68 Å². The van der Waals surface area contributed by atoms with Crippen LogP contribution in [0.5, 0.6) is 0 Å². The van der Waals surface area contributed by atoms with Crippen molar-refractivity contribution in [3.8, 4) is 0 Å². The molecule has 1 aromatic heterocycles. The van der Waals surface area contributed by atoms with E-state index in [0.717, 1.165) is 0 Å². The fourth-order valence-corrected chi connectivity index (χ4v) is 2.12. The van der Waals surface area contributed by atoms with Gasteiger partial charge in [0.1, 0.15) is 0 Å². The molecule has 74 valence electrons. The van der Waals surface area contributed by atoms with Crippen LogP contribution in [0, 0.1) is 13.8 Å². The van der Waals surface area contributed by atoms with Gasteiger partial charge < -0.3 is 0 Å². The summed E-state index contributed by atoms with van der Waals surface area (Å²) in [7, 11) is 4.22. The molecule has 0 atom stereocenters. The molecule has 0 aliphatic rings. The van der Waals surface area contributed by atoms with Gasteiger partial charge in [-0.2, -0.15) is 4.68 Å². The molecule has 0 N–H and O–H groups in total. The van der Waals surface area contributed by atoms with Gasteiger partial charge in [-0.1, -0.05) is 20.8 Å². The van der Waals surface area contributed by atoms with Crippen LogP contribution in [0.3, 0.4) is 0 Å². The molecule has 1 rings (SSSR count). The Kier molecular flexibility index (Phi) is 2.27. The van der Waals surface area contributed by atoms with Gasteiger partial charge >= 0.3 is 0 Å². The van der Waals surface area contributed by atoms with Crippen LogP contribution in [0.25, 0.3) is 0 Å². The van der Waals surface area contributed by atoms with E-state index in [-0.39, 0.29) is 5.41 Å². The Morgan fingerprint density at radius 2 is 1.62 bits per heavy atom. The fraction of sp³-hybridized carbons (Fsp3) is 0.727. The zero-order valence-electron chi connectivity index (χ0n) is 9.89. The van der Waals surface area contributed by atoms with Crippen LogP contribution in [0.2, 0.25) is 0 Å². The maximum Gasteiger partial charge on any atom is 0.208 e. The highest BCUT2D eigenvalue weighted by molar-refractivity contribution is 5.28. The first-order valence-electron chi connectivity index (χ1n) is 4.79. The monoisotopic (exact) mass is 181 g/mol.